The molecule has 0 aromatic carbocycles. The maximum atomic E-state index is 13.3. The van der Waals surface area contributed by atoms with Crippen LogP contribution in [0, 0.1) is 0 Å². The quantitative estimate of drug-likeness (QED) is 0.885. The molecule has 27 heavy (non-hydrogen) atoms. The van der Waals surface area contributed by atoms with Gasteiger partial charge in [0.2, 0.25) is 5.91 Å². The van der Waals surface area contributed by atoms with Crippen molar-refractivity contribution in [3.05, 3.63) is 36.2 Å². The Morgan fingerprint density at radius 3 is 2.48 bits per heavy atom. The van der Waals surface area contributed by atoms with E-state index in [0.29, 0.717) is 6.54 Å². The molecule has 2 aromatic rings. The molecule has 0 radical (unpaired) electrons. The average molecular weight is 379 g/mol. The number of rotatable bonds is 3. The molecule has 0 bridgehead atoms. The number of carbonyl (C=O) groups is 1. The molecule has 3 heterocycles. The predicted molar refractivity (Wildman–Crippen MR) is 93.8 cm³/mol. The molecule has 1 unspecified atom stereocenters. The van der Waals surface area contributed by atoms with Gasteiger partial charge in [-0.15, -0.1) is 0 Å². The summed E-state index contributed by atoms with van der Waals surface area (Å²) in [6.45, 7) is 6.14. The first-order valence-corrected chi connectivity index (χ1v) is 8.49. The van der Waals surface area contributed by atoms with Gasteiger partial charge < -0.3 is 10.2 Å². The largest absolute Gasteiger partial charge is 0.433 e. The third-order valence-electron chi connectivity index (χ3n) is 4.20. The van der Waals surface area contributed by atoms with Gasteiger partial charge in [-0.3, -0.25) is 9.78 Å². The van der Waals surface area contributed by atoms with Crippen LogP contribution in [0.1, 0.15) is 32.9 Å². The Morgan fingerprint density at radius 2 is 1.93 bits per heavy atom. The normalized spacial score (nSPS) is 18.1. The van der Waals surface area contributed by atoms with Crippen molar-refractivity contribution in [2.45, 2.75) is 44.9 Å². The molecule has 6 nitrogen and oxygen atoms in total. The Bertz CT molecular complexity index is 833. The highest BCUT2D eigenvalue weighted by molar-refractivity contribution is 5.80. The van der Waals surface area contributed by atoms with Gasteiger partial charge in [0.15, 0.2) is 11.5 Å². The van der Waals surface area contributed by atoms with Crippen molar-refractivity contribution >= 4 is 11.7 Å². The van der Waals surface area contributed by atoms with Crippen molar-refractivity contribution in [3.63, 3.8) is 0 Å². The Kier molecular flexibility index (Phi) is 4.79. The van der Waals surface area contributed by atoms with Crippen LogP contribution in [0.5, 0.6) is 0 Å². The van der Waals surface area contributed by atoms with Crippen LogP contribution >= 0.6 is 0 Å². The number of hydrogen-bond donors (Lipinski definition) is 1. The highest BCUT2D eigenvalue weighted by atomic mass is 19.4. The van der Waals surface area contributed by atoms with Crippen LogP contribution < -0.4 is 5.32 Å². The van der Waals surface area contributed by atoms with E-state index in [-0.39, 0.29) is 41.2 Å². The van der Waals surface area contributed by atoms with Crippen LogP contribution in [0.25, 0.3) is 11.5 Å². The Hall–Kier alpha value is -2.71. The van der Waals surface area contributed by atoms with Gasteiger partial charge in [0, 0.05) is 30.8 Å². The maximum absolute atomic E-state index is 13.3. The minimum absolute atomic E-state index is 0.0199. The van der Waals surface area contributed by atoms with Gasteiger partial charge in [-0.1, -0.05) is 6.07 Å². The number of pyridine rings is 1. The fourth-order valence-corrected chi connectivity index (χ4v) is 2.94. The summed E-state index contributed by atoms with van der Waals surface area (Å²) < 4.78 is 39.8. The molecule has 0 aliphatic carbocycles. The number of nitrogens with one attached hydrogen (secondary N) is 1. The molecule has 1 aliphatic heterocycles. The molecule has 1 aliphatic rings. The average Bonchev–Trinajstić information content (AvgIpc) is 2.95. The second-order valence-electron chi connectivity index (χ2n) is 7.40. The molecule has 1 atom stereocenters. The van der Waals surface area contributed by atoms with Crippen molar-refractivity contribution < 1.29 is 18.0 Å². The second kappa shape index (κ2) is 6.79. The summed E-state index contributed by atoms with van der Waals surface area (Å²) in [6, 6.07) is 5.37. The van der Waals surface area contributed by atoms with E-state index in [1.54, 1.807) is 23.1 Å². The van der Waals surface area contributed by atoms with E-state index in [2.05, 4.69) is 20.3 Å². The monoisotopic (exact) mass is 379 g/mol. The maximum Gasteiger partial charge on any atom is 0.433 e. The molecule has 3 rings (SSSR count). The SMILES string of the molecule is CC(C)(C)N1CC(Nc2cc(C(F)(F)F)nc(-c3ccccn3)n2)CC1=O. The Morgan fingerprint density at radius 1 is 1.19 bits per heavy atom. The molecule has 1 N–H and O–H groups in total. The third kappa shape index (κ3) is 4.35. The van der Waals surface area contributed by atoms with Gasteiger partial charge >= 0.3 is 6.18 Å². The van der Waals surface area contributed by atoms with Crippen molar-refractivity contribution in [2.75, 3.05) is 11.9 Å². The van der Waals surface area contributed by atoms with E-state index >= 15 is 0 Å². The lowest BCUT2D eigenvalue weighted by Crippen LogP contribution is -2.43. The van der Waals surface area contributed by atoms with Crippen molar-refractivity contribution in [1.82, 2.24) is 19.9 Å². The van der Waals surface area contributed by atoms with Gasteiger partial charge in [0.25, 0.3) is 0 Å². The van der Waals surface area contributed by atoms with Crippen LogP contribution in [0.4, 0.5) is 19.0 Å². The lowest BCUT2D eigenvalue weighted by molar-refractivity contribution is -0.141. The molecule has 1 saturated heterocycles. The van der Waals surface area contributed by atoms with Gasteiger partial charge in [-0.2, -0.15) is 13.2 Å². The fourth-order valence-electron chi connectivity index (χ4n) is 2.94. The van der Waals surface area contributed by atoms with E-state index in [4.69, 9.17) is 0 Å². The fraction of sp³-hybridized carbons (Fsp3) is 0.444. The molecular weight excluding hydrogens is 359 g/mol. The predicted octanol–water partition coefficient (Wildman–Crippen LogP) is 3.37. The minimum atomic E-state index is -4.62. The van der Waals surface area contributed by atoms with Crippen LogP contribution in [0.3, 0.4) is 0 Å². The van der Waals surface area contributed by atoms with Gasteiger partial charge in [-0.05, 0) is 32.9 Å². The smallest absolute Gasteiger partial charge is 0.365 e. The molecule has 1 amide bonds. The van der Waals surface area contributed by atoms with Gasteiger partial charge in [0.05, 0.1) is 6.04 Å². The van der Waals surface area contributed by atoms with Crippen LogP contribution in [-0.2, 0) is 11.0 Å². The molecule has 2 aromatic heterocycles. The minimum Gasteiger partial charge on any atom is -0.365 e. The first kappa shape index (κ1) is 19.1. The van der Waals surface area contributed by atoms with E-state index < -0.39 is 11.9 Å². The molecule has 144 valence electrons. The number of hydrogen-bond acceptors (Lipinski definition) is 5. The zero-order valence-electron chi connectivity index (χ0n) is 15.2. The summed E-state index contributed by atoms with van der Waals surface area (Å²) in [4.78, 5) is 25.7. The molecule has 0 saturated carbocycles. The summed E-state index contributed by atoms with van der Waals surface area (Å²) in [5.74, 6) is -0.147. The lowest BCUT2D eigenvalue weighted by Gasteiger charge is -2.32. The summed E-state index contributed by atoms with van der Waals surface area (Å²) in [5, 5.41) is 2.95. The van der Waals surface area contributed by atoms with E-state index in [1.165, 1.54) is 6.20 Å². The highest BCUT2D eigenvalue weighted by Gasteiger charge is 2.37. The van der Waals surface area contributed by atoms with Crippen LogP contribution in [0.2, 0.25) is 0 Å². The number of halogens is 3. The summed E-state index contributed by atoms with van der Waals surface area (Å²) in [7, 11) is 0. The standard InChI is InChI=1S/C18H20F3N5O/c1-17(2,3)26-10-11(8-15(26)27)23-14-9-13(18(19,20)21)24-16(25-14)12-6-4-5-7-22-12/h4-7,9,11H,8,10H2,1-3H3,(H,23,24,25). The molecule has 1 fully saturated rings. The first-order valence-electron chi connectivity index (χ1n) is 8.49. The summed E-state index contributed by atoms with van der Waals surface area (Å²) >= 11 is 0. The van der Waals surface area contributed by atoms with E-state index in [0.717, 1.165) is 6.07 Å². The van der Waals surface area contributed by atoms with Crippen molar-refractivity contribution in [1.29, 1.82) is 0 Å². The number of alkyl halides is 3. The van der Waals surface area contributed by atoms with Gasteiger partial charge in [-0.25, -0.2) is 9.97 Å². The van der Waals surface area contributed by atoms with Crippen LogP contribution in [-0.4, -0.2) is 43.9 Å². The molecule has 0 spiro atoms. The number of nitrogens with zero attached hydrogens (tertiary/aromatic N) is 4. The molecular formula is C18H20F3N5O. The number of anilines is 1. The number of likely N-dealkylation sites (tertiary alicyclic amines) is 1. The zero-order chi connectivity index (χ0) is 19.8. The van der Waals surface area contributed by atoms with E-state index in [9.17, 15) is 18.0 Å². The zero-order valence-corrected chi connectivity index (χ0v) is 15.2. The summed E-state index contributed by atoms with van der Waals surface area (Å²) in [6.07, 6.45) is -2.96. The topological polar surface area (TPSA) is 71.0 Å². The third-order valence-corrected chi connectivity index (χ3v) is 4.20. The first-order chi connectivity index (χ1) is 12.5. The summed E-state index contributed by atoms with van der Waals surface area (Å²) in [5.41, 5.74) is -1.17. The lowest BCUT2D eigenvalue weighted by atomic mass is 10.1. The van der Waals surface area contributed by atoms with Crippen molar-refractivity contribution in [2.24, 2.45) is 0 Å². The van der Waals surface area contributed by atoms with Gasteiger partial charge in [0.1, 0.15) is 11.5 Å². The number of aromatic nitrogens is 3. The van der Waals surface area contributed by atoms with Crippen LogP contribution in [0.15, 0.2) is 30.5 Å². The number of carbonyl (C=O) groups excluding carboxylic acids is 1. The Labute approximate surface area is 154 Å². The molecule has 9 heteroatoms. The second-order valence-corrected chi connectivity index (χ2v) is 7.40. The number of amides is 1. The van der Waals surface area contributed by atoms with E-state index in [1.807, 2.05) is 20.8 Å². The van der Waals surface area contributed by atoms with Crippen molar-refractivity contribution in [3.8, 4) is 11.5 Å². The highest BCUT2D eigenvalue weighted by Crippen LogP contribution is 2.31. The Balaban J connectivity index is 1.90.